The molecule has 128 valence electrons. The average molecular weight is 456 g/mol. The number of thiocarbonyl (C=S) groups is 1. The number of nitrogens with one attached hydrogen (secondary N) is 1. The van der Waals surface area contributed by atoms with Crippen LogP contribution in [-0.2, 0) is 4.79 Å². The van der Waals surface area contributed by atoms with Gasteiger partial charge < -0.3 is 14.8 Å². The summed E-state index contributed by atoms with van der Waals surface area (Å²) in [6.45, 7) is 0. The molecule has 0 saturated carbocycles. The predicted molar refractivity (Wildman–Crippen MR) is 106 cm³/mol. The molecule has 1 aromatic heterocycles. The highest BCUT2D eigenvalue weighted by molar-refractivity contribution is 9.10. The van der Waals surface area contributed by atoms with E-state index in [-0.39, 0.29) is 11.7 Å². The number of benzene rings is 1. The van der Waals surface area contributed by atoms with Gasteiger partial charge in [0.1, 0.15) is 9.20 Å². The molecule has 3 rings (SSSR count). The number of carbonyl (C=O) groups excluding carboxylic acids is 2. The van der Waals surface area contributed by atoms with Crippen LogP contribution in [0.2, 0.25) is 0 Å². The number of amides is 1. The van der Waals surface area contributed by atoms with Crippen LogP contribution in [0.3, 0.4) is 0 Å². The van der Waals surface area contributed by atoms with Crippen molar-refractivity contribution in [1.29, 1.82) is 0 Å². The third-order valence-electron chi connectivity index (χ3n) is 3.11. The zero-order valence-electron chi connectivity index (χ0n) is 12.7. The lowest BCUT2D eigenvalue weighted by atomic mass is 10.2. The molecular weight excluding hydrogens is 446 g/mol. The zero-order valence-corrected chi connectivity index (χ0v) is 16.7. The topological polar surface area (TPSA) is 64.6 Å². The van der Waals surface area contributed by atoms with Crippen molar-refractivity contribution in [3.8, 4) is 11.5 Å². The second-order valence-corrected chi connectivity index (χ2v) is 8.27. The lowest BCUT2D eigenvalue weighted by molar-refractivity contribution is -0.115. The van der Waals surface area contributed by atoms with Gasteiger partial charge in [-0.1, -0.05) is 30.0 Å². The number of rotatable bonds is 4. The number of esters is 1. The maximum atomic E-state index is 12.2. The van der Waals surface area contributed by atoms with Crippen LogP contribution in [0.1, 0.15) is 15.2 Å². The molecule has 0 spiro atoms. The Morgan fingerprint density at radius 3 is 2.80 bits per heavy atom. The van der Waals surface area contributed by atoms with Gasteiger partial charge in [0, 0.05) is 0 Å². The molecule has 1 saturated heterocycles. The molecule has 0 atom stereocenters. The lowest BCUT2D eigenvalue weighted by Crippen LogP contribution is -2.17. The smallest absolute Gasteiger partial charge is 0.353 e. The number of thioether (sulfide) groups is 1. The van der Waals surface area contributed by atoms with Crippen molar-refractivity contribution in [2.75, 3.05) is 7.11 Å². The molecule has 9 heteroatoms. The average Bonchev–Trinajstić information content (AvgIpc) is 3.20. The second kappa shape index (κ2) is 7.69. The van der Waals surface area contributed by atoms with Crippen LogP contribution in [-0.4, -0.2) is 23.3 Å². The summed E-state index contributed by atoms with van der Waals surface area (Å²) in [4.78, 5) is 24.9. The molecule has 1 aromatic carbocycles. The van der Waals surface area contributed by atoms with Crippen molar-refractivity contribution in [2.45, 2.75) is 0 Å². The summed E-state index contributed by atoms with van der Waals surface area (Å²) < 4.78 is 11.7. The van der Waals surface area contributed by atoms with Crippen LogP contribution in [0.25, 0.3) is 6.08 Å². The van der Waals surface area contributed by atoms with E-state index < -0.39 is 5.97 Å². The minimum absolute atomic E-state index is 0.238. The molecular formula is C16H10BrNO4S3. The van der Waals surface area contributed by atoms with E-state index in [0.29, 0.717) is 29.9 Å². The van der Waals surface area contributed by atoms with Crippen molar-refractivity contribution < 1.29 is 19.1 Å². The van der Waals surface area contributed by atoms with E-state index in [1.807, 2.05) is 0 Å². The Bertz CT molecular complexity index is 893. The second-order valence-electron chi connectivity index (χ2n) is 4.75. The van der Waals surface area contributed by atoms with Crippen LogP contribution in [0, 0.1) is 0 Å². The van der Waals surface area contributed by atoms with Crippen LogP contribution in [0.5, 0.6) is 11.5 Å². The van der Waals surface area contributed by atoms with E-state index in [2.05, 4.69) is 21.2 Å². The molecule has 2 heterocycles. The number of carbonyl (C=O) groups is 2. The van der Waals surface area contributed by atoms with E-state index in [4.69, 9.17) is 21.7 Å². The maximum absolute atomic E-state index is 12.2. The zero-order chi connectivity index (χ0) is 18.0. The minimum atomic E-state index is -0.462. The monoisotopic (exact) mass is 455 g/mol. The van der Waals surface area contributed by atoms with E-state index in [1.54, 1.807) is 35.7 Å². The summed E-state index contributed by atoms with van der Waals surface area (Å²) in [5, 5.41) is 4.36. The van der Waals surface area contributed by atoms with Gasteiger partial charge in [-0.25, -0.2) is 4.79 Å². The van der Waals surface area contributed by atoms with Crippen molar-refractivity contribution in [3.63, 3.8) is 0 Å². The van der Waals surface area contributed by atoms with Gasteiger partial charge in [0.2, 0.25) is 0 Å². The van der Waals surface area contributed by atoms with Crippen LogP contribution in [0.15, 0.2) is 39.0 Å². The first-order valence-corrected chi connectivity index (χ1v) is 9.75. The van der Waals surface area contributed by atoms with Gasteiger partial charge in [-0.3, -0.25) is 4.79 Å². The van der Waals surface area contributed by atoms with Crippen molar-refractivity contribution in [2.24, 2.45) is 0 Å². The van der Waals surface area contributed by atoms with E-state index in [0.717, 1.165) is 0 Å². The van der Waals surface area contributed by atoms with Crippen molar-refractivity contribution >= 4 is 73.5 Å². The van der Waals surface area contributed by atoms with E-state index in [1.165, 1.54) is 30.2 Å². The van der Waals surface area contributed by atoms with Gasteiger partial charge in [-0.15, -0.1) is 11.3 Å². The molecule has 1 fully saturated rings. The Morgan fingerprint density at radius 1 is 1.40 bits per heavy atom. The lowest BCUT2D eigenvalue weighted by Gasteiger charge is -2.12. The van der Waals surface area contributed by atoms with Crippen LogP contribution in [0.4, 0.5) is 0 Å². The Kier molecular flexibility index (Phi) is 5.57. The third kappa shape index (κ3) is 4.12. The Labute approximate surface area is 165 Å². The first-order chi connectivity index (χ1) is 12.0. The van der Waals surface area contributed by atoms with Gasteiger partial charge in [0.25, 0.3) is 5.91 Å². The van der Waals surface area contributed by atoms with Crippen LogP contribution >= 0.6 is 51.2 Å². The molecule has 0 radical (unpaired) electrons. The Morgan fingerprint density at radius 2 is 2.20 bits per heavy atom. The summed E-state index contributed by atoms with van der Waals surface area (Å²) in [5.41, 5.74) is 0.710. The van der Waals surface area contributed by atoms with Crippen molar-refractivity contribution in [3.05, 3.63) is 49.5 Å². The number of halogens is 1. The molecule has 0 unspecified atom stereocenters. The standard InChI is InChI=1S/C16H10BrNO4S3/c1-21-10-6-8(7-12-14(19)18-16(23)25-12)5-9(17)13(10)22-15(20)11-3-2-4-24-11/h2-7H,1H3,(H,18,19,23)/b12-7-. The van der Waals surface area contributed by atoms with Crippen molar-refractivity contribution in [1.82, 2.24) is 5.32 Å². The van der Waals surface area contributed by atoms with Gasteiger partial charge in [-0.05, 0) is 51.1 Å². The molecule has 0 aliphatic carbocycles. The Hall–Kier alpha value is -1.68. The molecule has 25 heavy (non-hydrogen) atoms. The summed E-state index contributed by atoms with van der Waals surface area (Å²) in [7, 11) is 1.48. The van der Waals surface area contributed by atoms with Gasteiger partial charge in [-0.2, -0.15) is 0 Å². The largest absolute Gasteiger partial charge is 0.493 e. The summed E-state index contributed by atoms with van der Waals surface area (Å²) >= 11 is 10.8. The number of hydrogen-bond acceptors (Lipinski definition) is 7. The fourth-order valence-electron chi connectivity index (χ4n) is 2.03. The highest BCUT2D eigenvalue weighted by Gasteiger charge is 2.23. The summed E-state index contributed by atoms with van der Waals surface area (Å²) in [5.74, 6) is -0.0475. The first-order valence-electron chi connectivity index (χ1n) is 6.86. The minimum Gasteiger partial charge on any atom is -0.493 e. The van der Waals surface area contributed by atoms with Gasteiger partial charge >= 0.3 is 5.97 Å². The molecule has 1 aliphatic rings. The molecule has 0 bridgehead atoms. The highest BCUT2D eigenvalue weighted by atomic mass is 79.9. The third-order valence-corrected chi connectivity index (χ3v) is 5.71. The number of hydrogen-bond donors (Lipinski definition) is 1. The van der Waals surface area contributed by atoms with E-state index in [9.17, 15) is 9.59 Å². The first kappa shape index (κ1) is 18.1. The fraction of sp³-hybridized carbons (Fsp3) is 0.0625. The highest BCUT2D eigenvalue weighted by Crippen LogP contribution is 2.38. The van der Waals surface area contributed by atoms with Gasteiger partial charge in [0.05, 0.1) is 16.5 Å². The molecule has 2 aromatic rings. The maximum Gasteiger partial charge on any atom is 0.353 e. The molecule has 1 aliphatic heterocycles. The SMILES string of the molecule is COc1cc(/C=C2\SC(=S)NC2=O)cc(Br)c1OC(=O)c1cccs1. The van der Waals surface area contributed by atoms with Gasteiger partial charge in [0.15, 0.2) is 11.5 Å². The summed E-state index contributed by atoms with van der Waals surface area (Å²) in [6, 6.07) is 6.88. The van der Waals surface area contributed by atoms with E-state index >= 15 is 0 Å². The predicted octanol–water partition coefficient (Wildman–Crippen LogP) is 4.23. The molecule has 1 amide bonds. The fourth-order valence-corrected chi connectivity index (χ4v) is 4.22. The quantitative estimate of drug-likeness (QED) is 0.322. The molecule has 1 N–H and O–H groups in total. The molecule has 5 nitrogen and oxygen atoms in total. The normalized spacial score (nSPS) is 15.4. The van der Waals surface area contributed by atoms with Crippen LogP contribution < -0.4 is 14.8 Å². The number of ether oxygens (including phenoxy) is 2. The number of methoxy groups -OCH3 is 1. The summed E-state index contributed by atoms with van der Waals surface area (Å²) in [6.07, 6.45) is 1.69. The Balaban J connectivity index is 1.91. The number of thiophene rings is 1.